The van der Waals surface area contributed by atoms with Crippen LogP contribution in [-0.2, 0) is 16.6 Å². The number of methoxy groups -OCH3 is 1. The molecule has 0 spiro atoms. The van der Waals surface area contributed by atoms with Crippen LogP contribution in [0.5, 0.6) is 11.5 Å². The van der Waals surface area contributed by atoms with Gasteiger partial charge in [0.15, 0.2) is 18.1 Å². The molecule has 3 N–H and O–H groups in total. The largest absolute Gasteiger partial charge is 0.493 e. The van der Waals surface area contributed by atoms with Gasteiger partial charge in [-0.2, -0.15) is 5.10 Å². The number of fused-ring (bicyclic) bond motifs is 1. The zero-order chi connectivity index (χ0) is 17.3. The molecule has 0 saturated carbocycles. The molecule has 126 valence electrons. The molecule has 1 aliphatic rings. The third-order valence-corrected chi connectivity index (χ3v) is 3.95. The van der Waals surface area contributed by atoms with Crippen LogP contribution >= 0.6 is 0 Å². The first-order chi connectivity index (χ1) is 11.5. The van der Waals surface area contributed by atoms with Gasteiger partial charge in [-0.1, -0.05) is 6.07 Å². The summed E-state index contributed by atoms with van der Waals surface area (Å²) in [7, 11) is 3.29. The van der Waals surface area contributed by atoms with E-state index < -0.39 is 5.91 Å². The minimum absolute atomic E-state index is 0.0656. The van der Waals surface area contributed by atoms with Crippen LogP contribution in [0.3, 0.4) is 0 Å². The fourth-order valence-corrected chi connectivity index (χ4v) is 2.81. The molecule has 0 saturated heterocycles. The summed E-state index contributed by atoms with van der Waals surface area (Å²) in [5, 5.41) is 7.05. The van der Waals surface area contributed by atoms with Crippen molar-refractivity contribution in [3.63, 3.8) is 0 Å². The van der Waals surface area contributed by atoms with Crippen LogP contribution in [0, 0.1) is 0 Å². The molecule has 3 rings (SSSR count). The zero-order valence-corrected chi connectivity index (χ0v) is 13.4. The van der Waals surface area contributed by atoms with Crippen molar-refractivity contribution in [2.24, 2.45) is 12.8 Å². The quantitative estimate of drug-likeness (QED) is 0.841. The molecule has 1 aromatic carbocycles. The second kappa shape index (κ2) is 6.23. The second-order valence-corrected chi connectivity index (χ2v) is 5.54. The van der Waals surface area contributed by atoms with E-state index in [0.29, 0.717) is 23.7 Å². The van der Waals surface area contributed by atoms with Crippen molar-refractivity contribution in [3.05, 3.63) is 35.5 Å². The molecule has 1 aromatic heterocycles. The van der Waals surface area contributed by atoms with Crippen LogP contribution in [0.15, 0.2) is 24.4 Å². The van der Waals surface area contributed by atoms with E-state index in [1.165, 1.54) is 7.11 Å². The summed E-state index contributed by atoms with van der Waals surface area (Å²) < 4.78 is 12.3. The number of ether oxygens (including phenoxy) is 2. The average molecular weight is 330 g/mol. The Labute approximate surface area is 138 Å². The first kappa shape index (κ1) is 15.9. The normalized spacial score (nSPS) is 16.2. The van der Waals surface area contributed by atoms with E-state index in [2.05, 4.69) is 10.4 Å². The van der Waals surface area contributed by atoms with Crippen LogP contribution in [0.1, 0.15) is 23.5 Å². The van der Waals surface area contributed by atoms with E-state index in [1.807, 2.05) is 6.07 Å². The fourth-order valence-electron chi connectivity index (χ4n) is 2.81. The summed E-state index contributed by atoms with van der Waals surface area (Å²) in [6, 6.07) is 5.36. The highest BCUT2D eigenvalue weighted by atomic mass is 16.5. The third-order valence-electron chi connectivity index (χ3n) is 3.95. The van der Waals surface area contributed by atoms with Gasteiger partial charge in [0.1, 0.15) is 5.82 Å². The molecule has 8 nitrogen and oxygen atoms in total. The van der Waals surface area contributed by atoms with Crippen LogP contribution in [-0.4, -0.2) is 35.3 Å². The van der Waals surface area contributed by atoms with Gasteiger partial charge in [0.25, 0.3) is 5.91 Å². The summed E-state index contributed by atoms with van der Waals surface area (Å²) in [6.07, 6.45) is 2.08. The van der Waals surface area contributed by atoms with E-state index in [0.717, 1.165) is 11.1 Å². The van der Waals surface area contributed by atoms with E-state index >= 15 is 0 Å². The van der Waals surface area contributed by atoms with Gasteiger partial charge >= 0.3 is 0 Å². The Balaban J connectivity index is 1.95. The van der Waals surface area contributed by atoms with Gasteiger partial charge in [-0.3, -0.25) is 14.3 Å². The third kappa shape index (κ3) is 2.90. The number of amides is 2. The number of hydrogen-bond donors (Lipinski definition) is 2. The van der Waals surface area contributed by atoms with Crippen molar-refractivity contribution < 1.29 is 19.1 Å². The van der Waals surface area contributed by atoms with E-state index in [1.54, 1.807) is 30.1 Å². The predicted molar refractivity (Wildman–Crippen MR) is 86.0 cm³/mol. The molecule has 0 unspecified atom stereocenters. The molecule has 1 aliphatic heterocycles. The molecule has 2 amide bonds. The Morgan fingerprint density at radius 2 is 2.25 bits per heavy atom. The SMILES string of the molecule is COc1cc([C@@H]2CC(=O)Nc3c2cnn3C)ccc1OCC(N)=O. The molecule has 8 heteroatoms. The second-order valence-electron chi connectivity index (χ2n) is 5.54. The number of aryl methyl sites for hydroxylation is 1. The maximum absolute atomic E-state index is 12.0. The predicted octanol–water partition coefficient (Wildman–Crippen LogP) is 0.767. The Morgan fingerprint density at radius 1 is 1.46 bits per heavy atom. The van der Waals surface area contributed by atoms with Crippen LogP contribution in [0.2, 0.25) is 0 Å². The Kier molecular flexibility index (Phi) is 4.11. The van der Waals surface area contributed by atoms with Crippen LogP contribution < -0.4 is 20.5 Å². The smallest absolute Gasteiger partial charge is 0.255 e. The van der Waals surface area contributed by atoms with Crippen LogP contribution in [0.4, 0.5) is 5.82 Å². The van der Waals surface area contributed by atoms with Gasteiger partial charge in [-0.05, 0) is 17.7 Å². The summed E-state index contributed by atoms with van der Waals surface area (Å²) in [6.45, 7) is -0.228. The van der Waals surface area contributed by atoms with Crippen molar-refractivity contribution in [1.82, 2.24) is 9.78 Å². The van der Waals surface area contributed by atoms with Gasteiger partial charge < -0.3 is 20.5 Å². The maximum atomic E-state index is 12.0. The number of carbonyl (C=O) groups is 2. The summed E-state index contributed by atoms with van der Waals surface area (Å²) >= 11 is 0. The highest BCUT2D eigenvalue weighted by Gasteiger charge is 2.29. The number of nitrogens with one attached hydrogen (secondary N) is 1. The summed E-state index contributed by atoms with van der Waals surface area (Å²) in [5.74, 6) is 0.844. The molecule has 0 fully saturated rings. The number of nitrogens with two attached hydrogens (primary N) is 1. The van der Waals surface area contributed by atoms with Crippen molar-refractivity contribution >= 4 is 17.6 Å². The number of carbonyl (C=O) groups excluding carboxylic acids is 2. The van der Waals surface area contributed by atoms with E-state index in [4.69, 9.17) is 15.2 Å². The lowest BCUT2D eigenvalue weighted by Gasteiger charge is -2.24. The Bertz CT molecular complexity index is 799. The Hall–Kier alpha value is -3.03. The number of aromatic nitrogens is 2. The molecule has 0 aliphatic carbocycles. The van der Waals surface area contributed by atoms with E-state index in [9.17, 15) is 9.59 Å². The van der Waals surface area contributed by atoms with Gasteiger partial charge in [-0.25, -0.2) is 0 Å². The zero-order valence-electron chi connectivity index (χ0n) is 13.4. The monoisotopic (exact) mass is 330 g/mol. The highest BCUT2D eigenvalue weighted by Crippen LogP contribution is 2.39. The average Bonchev–Trinajstić information content (AvgIpc) is 2.93. The summed E-state index contributed by atoms with van der Waals surface area (Å²) in [5.41, 5.74) is 6.94. The standard InChI is InChI=1S/C16H18N4O4/c1-20-16-11(7-18-20)10(6-15(22)19-16)9-3-4-12(13(5-9)23-2)24-8-14(17)21/h3-5,7,10H,6,8H2,1-2H3,(H2,17,21)(H,19,22)/t10-/m0/s1. The number of primary amides is 1. The first-order valence-corrected chi connectivity index (χ1v) is 7.40. The molecule has 1 atom stereocenters. The minimum Gasteiger partial charge on any atom is -0.493 e. The lowest BCUT2D eigenvalue weighted by atomic mass is 9.87. The molecule has 24 heavy (non-hydrogen) atoms. The van der Waals surface area contributed by atoms with Crippen LogP contribution in [0.25, 0.3) is 0 Å². The molecule has 2 aromatic rings. The molecule has 0 bridgehead atoms. The van der Waals surface area contributed by atoms with Crippen molar-refractivity contribution in [1.29, 1.82) is 0 Å². The van der Waals surface area contributed by atoms with Gasteiger partial charge in [0, 0.05) is 24.9 Å². The van der Waals surface area contributed by atoms with Crippen molar-refractivity contribution in [2.75, 3.05) is 19.0 Å². The number of rotatable bonds is 5. The number of benzene rings is 1. The molecular formula is C16H18N4O4. The molecule has 0 radical (unpaired) electrons. The lowest BCUT2D eigenvalue weighted by Crippen LogP contribution is -2.24. The topological polar surface area (TPSA) is 108 Å². The lowest BCUT2D eigenvalue weighted by molar-refractivity contribution is -0.120. The van der Waals surface area contributed by atoms with Crippen molar-refractivity contribution in [3.8, 4) is 11.5 Å². The Morgan fingerprint density at radius 3 is 2.96 bits per heavy atom. The van der Waals surface area contributed by atoms with E-state index in [-0.39, 0.29) is 18.4 Å². The number of hydrogen-bond acceptors (Lipinski definition) is 5. The van der Waals surface area contributed by atoms with Gasteiger partial charge in [-0.15, -0.1) is 0 Å². The summed E-state index contributed by atoms with van der Waals surface area (Å²) in [4.78, 5) is 22.9. The van der Waals surface area contributed by atoms with Gasteiger partial charge in [0.2, 0.25) is 5.91 Å². The number of anilines is 1. The maximum Gasteiger partial charge on any atom is 0.255 e. The molecular weight excluding hydrogens is 312 g/mol. The first-order valence-electron chi connectivity index (χ1n) is 7.40. The minimum atomic E-state index is -0.565. The number of nitrogens with zero attached hydrogens (tertiary/aromatic N) is 2. The van der Waals surface area contributed by atoms with Gasteiger partial charge in [0.05, 0.1) is 13.3 Å². The highest BCUT2D eigenvalue weighted by molar-refractivity contribution is 5.94. The molecule has 2 heterocycles. The van der Waals surface area contributed by atoms with Crippen molar-refractivity contribution in [2.45, 2.75) is 12.3 Å². The fraction of sp³-hybridized carbons (Fsp3) is 0.312.